The van der Waals surface area contributed by atoms with Crippen LogP contribution in [0, 0.1) is 0 Å². The number of aromatic nitrogens is 2. The SMILES string of the molecule is CC1(C)OB(c2cc(C3CCCCO3)n[nH]2)OC1(C)C. The van der Waals surface area contributed by atoms with Gasteiger partial charge in [0.1, 0.15) is 6.10 Å². The van der Waals surface area contributed by atoms with Crippen LogP contribution in [-0.2, 0) is 14.0 Å². The van der Waals surface area contributed by atoms with Crippen molar-refractivity contribution in [2.24, 2.45) is 0 Å². The number of H-pyrrole nitrogens is 1. The largest absolute Gasteiger partial charge is 0.513 e. The Morgan fingerprint density at radius 3 is 2.50 bits per heavy atom. The molecule has 6 heteroatoms. The fraction of sp³-hybridized carbons (Fsp3) is 0.786. The van der Waals surface area contributed by atoms with Crippen LogP contribution in [0.4, 0.5) is 0 Å². The zero-order valence-electron chi connectivity index (χ0n) is 12.7. The predicted octanol–water partition coefficient (Wildman–Crippen LogP) is 1.95. The van der Waals surface area contributed by atoms with E-state index >= 15 is 0 Å². The van der Waals surface area contributed by atoms with Crippen LogP contribution in [0.1, 0.15) is 58.8 Å². The molecule has 0 amide bonds. The quantitative estimate of drug-likeness (QED) is 0.840. The summed E-state index contributed by atoms with van der Waals surface area (Å²) >= 11 is 0. The van der Waals surface area contributed by atoms with E-state index in [0.29, 0.717) is 0 Å². The maximum absolute atomic E-state index is 6.02. The molecule has 1 atom stereocenters. The number of hydrogen-bond donors (Lipinski definition) is 1. The Morgan fingerprint density at radius 1 is 1.20 bits per heavy atom. The third kappa shape index (κ3) is 2.40. The molecule has 2 fully saturated rings. The molecule has 0 bridgehead atoms. The predicted molar refractivity (Wildman–Crippen MR) is 76.8 cm³/mol. The number of nitrogens with zero attached hydrogens (tertiary/aromatic N) is 1. The molecule has 20 heavy (non-hydrogen) atoms. The maximum Gasteiger partial charge on any atom is 0.513 e. The summed E-state index contributed by atoms with van der Waals surface area (Å²) in [5, 5.41) is 7.41. The van der Waals surface area contributed by atoms with E-state index in [1.807, 2.05) is 6.07 Å². The lowest BCUT2D eigenvalue weighted by Gasteiger charge is -2.32. The first-order valence-electron chi connectivity index (χ1n) is 7.41. The average Bonchev–Trinajstić information content (AvgIpc) is 2.94. The average molecular weight is 278 g/mol. The summed E-state index contributed by atoms with van der Waals surface area (Å²) in [6, 6.07) is 2.01. The third-order valence-corrected chi connectivity index (χ3v) is 4.63. The van der Waals surface area contributed by atoms with Crippen LogP contribution < -0.4 is 5.59 Å². The highest BCUT2D eigenvalue weighted by molar-refractivity contribution is 6.61. The van der Waals surface area contributed by atoms with Gasteiger partial charge in [0.05, 0.1) is 22.5 Å². The first-order chi connectivity index (χ1) is 9.39. The van der Waals surface area contributed by atoms with E-state index in [2.05, 4.69) is 37.9 Å². The first kappa shape index (κ1) is 14.1. The van der Waals surface area contributed by atoms with E-state index in [1.54, 1.807) is 0 Å². The van der Waals surface area contributed by atoms with E-state index in [-0.39, 0.29) is 24.4 Å². The molecule has 1 N–H and O–H groups in total. The minimum absolute atomic E-state index is 0.108. The highest BCUT2D eigenvalue weighted by atomic mass is 16.7. The Kier molecular flexibility index (Phi) is 3.43. The van der Waals surface area contributed by atoms with Gasteiger partial charge >= 0.3 is 7.12 Å². The summed E-state index contributed by atoms with van der Waals surface area (Å²) in [6.45, 7) is 9.02. The Hall–Kier alpha value is -0.845. The van der Waals surface area contributed by atoms with Crippen LogP contribution in [0.15, 0.2) is 6.07 Å². The molecule has 5 nitrogen and oxygen atoms in total. The van der Waals surface area contributed by atoms with Crippen molar-refractivity contribution >= 4 is 12.7 Å². The van der Waals surface area contributed by atoms with Crippen molar-refractivity contribution in [3.8, 4) is 0 Å². The standard InChI is InChI=1S/C14H23BN2O3/c1-13(2)14(3,4)20-15(19-13)12-9-10(16-17-12)11-7-5-6-8-18-11/h9,11H,5-8H2,1-4H3,(H,16,17). The van der Waals surface area contributed by atoms with Crippen molar-refractivity contribution in [3.63, 3.8) is 0 Å². The minimum Gasteiger partial charge on any atom is -0.398 e. The summed E-state index contributed by atoms with van der Waals surface area (Å²) in [5.74, 6) is 0. The van der Waals surface area contributed by atoms with Crippen molar-refractivity contribution in [3.05, 3.63) is 11.8 Å². The van der Waals surface area contributed by atoms with E-state index in [0.717, 1.165) is 30.7 Å². The molecule has 1 aromatic rings. The van der Waals surface area contributed by atoms with Gasteiger partial charge in [0.15, 0.2) is 0 Å². The van der Waals surface area contributed by atoms with Gasteiger partial charge < -0.3 is 14.0 Å². The molecule has 0 spiro atoms. The summed E-state index contributed by atoms with van der Waals surface area (Å²) < 4.78 is 17.8. The van der Waals surface area contributed by atoms with Crippen molar-refractivity contribution in [2.45, 2.75) is 64.3 Å². The lowest BCUT2D eigenvalue weighted by Crippen LogP contribution is -2.41. The molecule has 0 saturated carbocycles. The van der Waals surface area contributed by atoms with Crippen LogP contribution >= 0.6 is 0 Å². The fourth-order valence-corrected chi connectivity index (χ4v) is 2.58. The second-order valence-electron chi connectivity index (χ2n) is 6.69. The second-order valence-corrected chi connectivity index (χ2v) is 6.69. The number of ether oxygens (including phenoxy) is 1. The smallest absolute Gasteiger partial charge is 0.398 e. The number of hydrogen-bond acceptors (Lipinski definition) is 4. The summed E-state index contributed by atoms with van der Waals surface area (Å²) in [7, 11) is -0.384. The lowest BCUT2D eigenvalue weighted by atomic mass is 9.84. The van der Waals surface area contributed by atoms with Crippen molar-refractivity contribution in [1.29, 1.82) is 0 Å². The van der Waals surface area contributed by atoms with Crippen LogP contribution in [0.25, 0.3) is 0 Å². The molecular weight excluding hydrogens is 255 g/mol. The van der Waals surface area contributed by atoms with Gasteiger partial charge in [0.2, 0.25) is 0 Å². The zero-order valence-corrected chi connectivity index (χ0v) is 12.7. The van der Waals surface area contributed by atoms with E-state index in [4.69, 9.17) is 14.0 Å². The minimum atomic E-state index is -0.384. The highest BCUT2D eigenvalue weighted by Crippen LogP contribution is 2.36. The molecule has 2 saturated heterocycles. The number of aromatic amines is 1. The first-order valence-corrected chi connectivity index (χ1v) is 7.41. The van der Waals surface area contributed by atoms with Gasteiger partial charge in [-0.3, -0.25) is 5.10 Å². The summed E-state index contributed by atoms with van der Waals surface area (Å²) in [4.78, 5) is 0. The summed E-state index contributed by atoms with van der Waals surface area (Å²) in [5.41, 5.74) is 1.16. The van der Waals surface area contributed by atoms with Gasteiger partial charge in [-0.2, -0.15) is 5.10 Å². The topological polar surface area (TPSA) is 56.4 Å². The van der Waals surface area contributed by atoms with Crippen molar-refractivity contribution in [2.75, 3.05) is 6.61 Å². The van der Waals surface area contributed by atoms with Gasteiger partial charge in [-0.1, -0.05) is 0 Å². The van der Waals surface area contributed by atoms with Gasteiger partial charge in [0.25, 0.3) is 0 Å². The van der Waals surface area contributed by atoms with Crippen LogP contribution in [0.5, 0.6) is 0 Å². The van der Waals surface area contributed by atoms with Crippen LogP contribution in [-0.4, -0.2) is 35.1 Å². The molecule has 3 heterocycles. The number of nitrogens with one attached hydrogen (secondary N) is 1. The lowest BCUT2D eigenvalue weighted by molar-refractivity contribution is 0.00578. The Balaban J connectivity index is 1.74. The molecule has 110 valence electrons. The van der Waals surface area contributed by atoms with Gasteiger partial charge in [-0.25, -0.2) is 0 Å². The molecule has 1 aromatic heterocycles. The van der Waals surface area contributed by atoms with Gasteiger partial charge in [-0.15, -0.1) is 0 Å². The van der Waals surface area contributed by atoms with Gasteiger partial charge in [0, 0.05) is 6.61 Å². The third-order valence-electron chi connectivity index (χ3n) is 4.63. The van der Waals surface area contributed by atoms with Crippen molar-refractivity contribution in [1.82, 2.24) is 10.2 Å². The van der Waals surface area contributed by atoms with E-state index in [9.17, 15) is 0 Å². The molecular formula is C14H23BN2O3. The van der Waals surface area contributed by atoms with E-state index in [1.165, 1.54) is 6.42 Å². The second kappa shape index (κ2) is 4.86. The van der Waals surface area contributed by atoms with Crippen molar-refractivity contribution < 1.29 is 14.0 Å². The molecule has 1 unspecified atom stereocenters. The Labute approximate surface area is 120 Å². The normalized spacial score (nSPS) is 28.8. The molecule has 3 rings (SSSR count). The van der Waals surface area contributed by atoms with E-state index < -0.39 is 0 Å². The molecule has 0 aliphatic carbocycles. The molecule has 2 aliphatic heterocycles. The molecule has 2 aliphatic rings. The summed E-state index contributed by atoms with van der Waals surface area (Å²) in [6.07, 6.45) is 3.48. The fourth-order valence-electron chi connectivity index (χ4n) is 2.58. The van der Waals surface area contributed by atoms with Crippen LogP contribution in [0.2, 0.25) is 0 Å². The Morgan fingerprint density at radius 2 is 1.90 bits per heavy atom. The molecule has 0 radical (unpaired) electrons. The Bertz CT molecular complexity index is 465. The monoisotopic (exact) mass is 278 g/mol. The molecule has 0 aromatic carbocycles. The highest BCUT2D eigenvalue weighted by Gasteiger charge is 2.52. The maximum atomic E-state index is 6.02. The zero-order chi connectivity index (χ0) is 14.4. The van der Waals surface area contributed by atoms with Gasteiger partial charge in [-0.05, 0) is 53.0 Å². The van der Waals surface area contributed by atoms with Crippen LogP contribution in [0.3, 0.4) is 0 Å². The number of rotatable bonds is 2.